The van der Waals surface area contributed by atoms with Gasteiger partial charge >= 0.3 is 0 Å². The Labute approximate surface area is 45.9 Å². The van der Waals surface area contributed by atoms with Gasteiger partial charge in [-0.05, 0) is 18.3 Å². The Kier molecular flexibility index (Phi) is 1.36. The first-order chi connectivity index (χ1) is 3.34. The summed E-state index contributed by atoms with van der Waals surface area (Å²) in [6, 6.07) is 0. The van der Waals surface area contributed by atoms with Gasteiger partial charge in [0.15, 0.2) is 0 Å². The van der Waals surface area contributed by atoms with Gasteiger partial charge < -0.3 is 0 Å². The molecule has 0 nitrogen and oxygen atoms in total. The maximum atomic E-state index is 2.35. The van der Waals surface area contributed by atoms with E-state index in [1.165, 1.54) is 19.3 Å². The smallest absolute Gasteiger partial charge is 0.0386 e. The molecule has 1 saturated carbocycles. The van der Waals surface area contributed by atoms with Crippen LogP contribution in [0.1, 0.15) is 33.1 Å². The van der Waals surface area contributed by atoms with Crippen molar-refractivity contribution in [1.29, 1.82) is 0 Å². The van der Waals surface area contributed by atoms with E-state index in [0.717, 1.165) is 11.8 Å². The Morgan fingerprint density at radius 1 is 1.57 bits per heavy atom. The molecular weight excluding hydrogens is 84.1 g/mol. The zero-order valence-electron chi connectivity index (χ0n) is 5.28. The summed E-state index contributed by atoms with van der Waals surface area (Å²) in [6.07, 6.45) is 4.37. The highest BCUT2D eigenvalue weighted by atomic mass is 14.4. The van der Waals surface area contributed by atoms with Crippen LogP contribution >= 0.6 is 0 Å². The Bertz CT molecular complexity index is 57.1. The van der Waals surface area contributed by atoms with E-state index >= 15 is 0 Å². The van der Waals surface area contributed by atoms with Gasteiger partial charge in [-0.3, -0.25) is 0 Å². The molecule has 2 atom stereocenters. The molecule has 0 saturated heterocycles. The van der Waals surface area contributed by atoms with Crippen molar-refractivity contribution in [1.82, 2.24) is 0 Å². The fraction of sp³-hybridized carbons (Fsp3) is 1.00. The molecule has 0 aliphatic heterocycles. The van der Waals surface area contributed by atoms with Crippen LogP contribution in [0, 0.1) is 11.8 Å². The molecule has 0 aromatic carbocycles. The number of hydrogen-bond acceptors (Lipinski definition) is 0. The minimum absolute atomic E-state index is 1.07. The van der Waals surface area contributed by atoms with Crippen LogP contribution < -0.4 is 0 Å². The van der Waals surface area contributed by atoms with Gasteiger partial charge in [0.1, 0.15) is 0 Å². The zero-order chi connectivity index (χ0) is 5.28. The second-order valence-corrected chi connectivity index (χ2v) is 2.76. The first kappa shape index (κ1) is 5.14. The Morgan fingerprint density at radius 3 is 2.29 bits per heavy atom. The summed E-state index contributed by atoms with van der Waals surface area (Å²) in [5.74, 6) is 2.19. The lowest BCUT2D eigenvalue weighted by atomic mass is 10.2. The molecule has 0 radical (unpaired) electrons. The average Bonchev–Trinajstić information content (AvgIpc) is 2.22. The lowest BCUT2D eigenvalue weighted by Gasteiger charge is -1.86. The van der Waals surface area contributed by atoms with E-state index in [0.29, 0.717) is 0 Å². The first-order valence-electron chi connectivity index (χ1n) is 3.34. The second kappa shape index (κ2) is 1.85. The average molecular weight is 98.2 g/mol. The number of rotatable bonds is 2. The quantitative estimate of drug-likeness (QED) is 0.497. The van der Waals surface area contributed by atoms with Gasteiger partial charge in [0.2, 0.25) is 0 Å². The molecule has 0 N–H and O–H groups in total. The minimum atomic E-state index is 1.07. The Hall–Kier alpha value is 0. The molecule has 1 aliphatic rings. The van der Waals surface area contributed by atoms with E-state index in [9.17, 15) is 0 Å². The monoisotopic (exact) mass is 98.1 g/mol. The second-order valence-electron chi connectivity index (χ2n) is 2.76. The minimum Gasteiger partial charge on any atom is -0.0654 e. The SMILES string of the molecule is CCCC1CC1C. The van der Waals surface area contributed by atoms with Crippen molar-refractivity contribution in [3.05, 3.63) is 0 Å². The fourth-order valence-electron chi connectivity index (χ4n) is 1.17. The molecule has 2 unspecified atom stereocenters. The lowest BCUT2D eigenvalue weighted by Crippen LogP contribution is -1.74. The van der Waals surface area contributed by atoms with Crippen LogP contribution in [-0.4, -0.2) is 0 Å². The summed E-state index contributed by atoms with van der Waals surface area (Å²) in [7, 11) is 0. The molecule has 0 bridgehead atoms. The van der Waals surface area contributed by atoms with Gasteiger partial charge in [0.05, 0.1) is 0 Å². The zero-order valence-corrected chi connectivity index (χ0v) is 5.28. The summed E-state index contributed by atoms with van der Waals surface area (Å²) < 4.78 is 0. The summed E-state index contributed by atoms with van der Waals surface area (Å²) in [5.41, 5.74) is 0. The molecule has 7 heavy (non-hydrogen) atoms. The molecule has 0 aromatic rings. The van der Waals surface area contributed by atoms with Crippen molar-refractivity contribution in [2.45, 2.75) is 33.1 Å². The highest BCUT2D eigenvalue weighted by Crippen LogP contribution is 2.40. The van der Waals surface area contributed by atoms with Crippen molar-refractivity contribution in [2.75, 3.05) is 0 Å². The topological polar surface area (TPSA) is 0 Å². The predicted molar refractivity (Wildman–Crippen MR) is 32.2 cm³/mol. The van der Waals surface area contributed by atoms with Gasteiger partial charge in [0, 0.05) is 0 Å². The van der Waals surface area contributed by atoms with Gasteiger partial charge in [-0.15, -0.1) is 0 Å². The molecule has 1 fully saturated rings. The van der Waals surface area contributed by atoms with Crippen LogP contribution in [0.2, 0.25) is 0 Å². The number of hydrogen-bond donors (Lipinski definition) is 0. The molecule has 0 aromatic heterocycles. The first-order valence-corrected chi connectivity index (χ1v) is 3.34. The van der Waals surface area contributed by atoms with Crippen LogP contribution in [-0.2, 0) is 0 Å². The van der Waals surface area contributed by atoms with Crippen LogP contribution in [0.5, 0.6) is 0 Å². The van der Waals surface area contributed by atoms with E-state index in [2.05, 4.69) is 13.8 Å². The summed E-state index contributed by atoms with van der Waals surface area (Å²) in [5, 5.41) is 0. The molecule has 1 rings (SSSR count). The Balaban J connectivity index is 1.98. The van der Waals surface area contributed by atoms with Crippen molar-refractivity contribution >= 4 is 0 Å². The summed E-state index contributed by atoms with van der Waals surface area (Å²) in [4.78, 5) is 0. The molecule has 0 amide bonds. The van der Waals surface area contributed by atoms with Gasteiger partial charge in [-0.2, -0.15) is 0 Å². The van der Waals surface area contributed by atoms with Gasteiger partial charge in [0.25, 0.3) is 0 Å². The summed E-state index contributed by atoms with van der Waals surface area (Å²) in [6.45, 7) is 4.62. The van der Waals surface area contributed by atoms with Crippen LogP contribution in [0.3, 0.4) is 0 Å². The molecular formula is C7H14. The van der Waals surface area contributed by atoms with E-state index < -0.39 is 0 Å². The standard InChI is InChI=1S/C7H14/c1-3-4-7-5-6(7)2/h6-7H,3-5H2,1-2H3. The van der Waals surface area contributed by atoms with Crippen molar-refractivity contribution in [2.24, 2.45) is 11.8 Å². The maximum absolute atomic E-state index is 2.35. The maximum Gasteiger partial charge on any atom is -0.0386 e. The normalized spacial score (nSPS) is 38.6. The molecule has 0 heterocycles. The third kappa shape index (κ3) is 1.19. The predicted octanol–water partition coefficient (Wildman–Crippen LogP) is 2.44. The van der Waals surface area contributed by atoms with E-state index in [-0.39, 0.29) is 0 Å². The van der Waals surface area contributed by atoms with Crippen molar-refractivity contribution in [3.8, 4) is 0 Å². The van der Waals surface area contributed by atoms with E-state index in [4.69, 9.17) is 0 Å². The molecule has 0 heteroatoms. The fourth-order valence-corrected chi connectivity index (χ4v) is 1.17. The highest BCUT2D eigenvalue weighted by molar-refractivity contribution is 4.81. The van der Waals surface area contributed by atoms with E-state index in [1.807, 2.05) is 0 Å². The molecule has 1 aliphatic carbocycles. The summed E-state index contributed by atoms with van der Waals surface area (Å²) >= 11 is 0. The van der Waals surface area contributed by atoms with Crippen molar-refractivity contribution in [3.63, 3.8) is 0 Å². The van der Waals surface area contributed by atoms with Crippen LogP contribution in [0.25, 0.3) is 0 Å². The lowest BCUT2D eigenvalue weighted by molar-refractivity contribution is 0.659. The van der Waals surface area contributed by atoms with Gasteiger partial charge in [-0.1, -0.05) is 26.7 Å². The largest absolute Gasteiger partial charge is 0.0654 e. The Morgan fingerprint density at radius 2 is 2.14 bits per heavy atom. The van der Waals surface area contributed by atoms with E-state index in [1.54, 1.807) is 0 Å². The third-order valence-corrected chi connectivity index (χ3v) is 1.94. The van der Waals surface area contributed by atoms with Crippen LogP contribution in [0.15, 0.2) is 0 Å². The van der Waals surface area contributed by atoms with Crippen LogP contribution in [0.4, 0.5) is 0 Å². The molecule has 42 valence electrons. The third-order valence-electron chi connectivity index (χ3n) is 1.94. The highest BCUT2D eigenvalue weighted by Gasteiger charge is 2.30. The van der Waals surface area contributed by atoms with Gasteiger partial charge in [-0.25, -0.2) is 0 Å². The van der Waals surface area contributed by atoms with Crippen molar-refractivity contribution < 1.29 is 0 Å². The molecule has 0 spiro atoms.